The summed E-state index contributed by atoms with van der Waals surface area (Å²) < 4.78 is 22.0. The number of hydrogen-bond donors (Lipinski definition) is 2. The first kappa shape index (κ1) is 21.1. The molecule has 35 heavy (non-hydrogen) atoms. The standard InChI is InChI=1S/C26H22FN7O/c1-26(2)14-35-25-31-21-23(29-8-7-16-13-30-20-6-4-3-5-19(16)20)32-22(33-24(21)34(25)26)17-9-15(12-28)10-18(27)11-17/h3-6,9-11,13,30H,7-8,14H2,1-2H3,(H,29,32,33). The normalized spacial score (nSPS) is 14.1. The van der Waals surface area contributed by atoms with Gasteiger partial charge in [0.25, 0.3) is 6.01 Å². The summed E-state index contributed by atoms with van der Waals surface area (Å²) in [5, 5.41) is 13.9. The van der Waals surface area contributed by atoms with Crippen LogP contribution in [0.1, 0.15) is 25.0 Å². The second-order valence-electron chi connectivity index (χ2n) is 9.28. The third-order valence-electron chi connectivity index (χ3n) is 6.28. The molecule has 4 heterocycles. The summed E-state index contributed by atoms with van der Waals surface area (Å²) in [6.45, 7) is 5.18. The molecule has 8 nitrogen and oxygen atoms in total. The zero-order valence-electron chi connectivity index (χ0n) is 19.3. The Balaban J connectivity index is 1.42. The maximum atomic E-state index is 14.2. The van der Waals surface area contributed by atoms with Gasteiger partial charge in [0.1, 0.15) is 12.4 Å². The van der Waals surface area contributed by atoms with E-state index in [1.165, 1.54) is 23.1 Å². The van der Waals surface area contributed by atoms with Crippen molar-refractivity contribution in [2.24, 2.45) is 0 Å². The lowest BCUT2D eigenvalue weighted by atomic mass is 10.1. The first-order valence-corrected chi connectivity index (χ1v) is 11.4. The van der Waals surface area contributed by atoms with E-state index in [1.807, 2.05) is 42.8 Å². The summed E-state index contributed by atoms with van der Waals surface area (Å²) in [7, 11) is 0. The van der Waals surface area contributed by atoms with Gasteiger partial charge < -0.3 is 15.0 Å². The highest BCUT2D eigenvalue weighted by Crippen LogP contribution is 2.37. The first-order valence-electron chi connectivity index (χ1n) is 11.4. The van der Waals surface area contributed by atoms with Crippen molar-refractivity contribution in [3.63, 3.8) is 0 Å². The van der Waals surface area contributed by atoms with Crippen LogP contribution in [0.4, 0.5) is 10.2 Å². The maximum absolute atomic E-state index is 14.2. The van der Waals surface area contributed by atoms with E-state index in [0.29, 0.717) is 47.5 Å². The van der Waals surface area contributed by atoms with Crippen LogP contribution in [0.5, 0.6) is 6.01 Å². The van der Waals surface area contributed by atoms with Gasteiger partial charge in [-0.2, -0.15) is 10.2 Å². The van der Waals surface area contributed by atoms with Gasteiger partial charge in [-0.25, -0.2) is 14.4 Å². The molecule has 9 heteroatoms. The predicted molar refractivity (Wildman–Crippen MR) is 131 cm³/mol. The van der Waals surface area contributed by atoms with Crippen LogP contribution in [-0.2, 0) is 12.0 Å². The molecule has 2 aromatic carbocycles. The molecule has 2 N–H and O–H groups in total. The third kappa shape index (κ3) is 3.54. The minimum Gasteiger partial charge on any atom is -0.462 e. The Bertz CT molecular complexity index is 1640. The molecule has 3 aromatic heterocycles. The van der Waals surface area contributed by atoms with Gasteiger partial charge in [0.15, 0.2) is 22.8 Å². The molecule has 0 bridgehead atoms. The Hall–Kier alpha value is -4.45. The largest absolute Gasteiger partial charge is 0.462 e. The number of nitriles is 1. The minimum atomic E-state index is -0.515. The van der Waals surface area contributed by atoms with Gasteiger partial charge >= 0.3 is 0 Å². The summed E-state index contributed by atoms with van der Waals surface area (Å²) in [6, 6.07) is 14.8. The molecule has 1 aliphatic rings. The van der Waals surface area contributed by atoms with Crippen molar-refractivity contribution in [1.82, 2.24) is 24.5 Å². The number of aromatic nitrogens is 5. The topological polar surface area (TPSA) is 104 Å². The highest BCUT2D eigenvalue weighted by Gasteiger charge is 2.36. The highest BCUT2D eigenvalue weighted by molar-refractivity contribution is 5.87. The molecule has 174 valence electrons. The predicted octanol–water partition coefficient (Wildman–Crippen LogP) is 4.77. The summed E-state index contributed by atoms with van der Waals surface area (Å²) in [4.78, 5) is 17.4. The molecule has 0 aliphatic carbocycles. The van der Waals surface area contributed by atoms with Crippen LogP contribution in [-0.4, -0.2) is 37.7 Å². The number of ether oxygens (including phenoxy) is 1. The molecule has 0 saturated heterocycles. The van der Waals surface area contributed by atoms with Crippen molar-refractivity contribution >= 4 is 27.9 Å². The van der Waals surface area contributed by atoms with Crippen LogP contribution in [0, 0.1) is 17.1 Å². The smallest absolute Gasteiger partial charge is 0.299 e. The van der Waals surface area contributed by atoms with Gasteiger partial charge in [0.2, 0.25) is 0 Å². The number of imidazole rings is 1. The van der Waals surface area contributed by atoms with E-state index in [0.717, 1.165) is 11.9 Å². The quantitative estimate of drug-likeness (QED) is 0.386. The molecule has 0 radical (unpaired) electrons. The van der Waals surface area contributed by atoms with E-state index in [9.17, 15) is 9.65 Å². The Morgan fingerprint density at radius 1 is 1.20 bits per heavy atom. The van der Waals surface area contributed by atoms with Gasteiger partial charge in [0.05, 0.1) is 17.2 Å². The fraction of sp³-hybridized carbons (Fsp3) is 0.231. The van der Waals surface area contributed by atoms with E-state index < -0.39 is 5.82 Å². The van der Waals surface area contributed by atoms with Crippen LogP contribution < -0.4 is 10.1 Å². The number of halogens is 1. The molecular weight excluding hydrogens is 445 g/mol. The van der Waals surface area contributed by atoms with Crippen molar-refractivity contribution in [3.8, 4) is 23.5 Å². The van der Waals surface area contributed by atoms with Gasteiger partial charge in [-0.3, -0.25) is 4.57 Å². The number of H-pyrrole nitrogens is 1. The number of aromatic amines is 1. The zero-order chi connectivity index (χ0) is 24.2. The number of hydrogen-bond acceptors (Lipinski definition) is 6. The Morgan fingerprint density at radius 3 is 2.91 bits per heavy atom. The van der Waals surface area contributed by atoms with E-state index in [2.05, 4.69) is 27.4 Å². The fourth-order valence-electron chi connectivity index (χ4n) is 4.58. The summed E-state index contributed by atoms with van der Waals surface area (Å²) >= 11 is 0. The van der Waals surface area contributed by atoms with Crippen LogP contribution in [0.3, 0.4) is 0 Å². The molecule has 1 aliphatic heterocycles. The Labute approximate surface area is 200 Å². The number of fused-ring (bicyclic) bond motifs is 4. The SMILES string of the molecule is CC1(C)COc2nc3c(NCCc4c[nH]c5ccccc45)nc(-c4cc(F)cc(C#N)c4)nc3n21. The van der Waals surface area contributed by atoms with Crippen molar-refractivity contribution in [1.29, 1.82) is 5.26 Å². The maximum Gasteiger partial charge on any atom is 0.299 e. The Morgan fingerprint density at radius 2 is 2.06 bits per heavy atom. The number of rotatable bonds is 5. The summed E-state index contributed by atoms with van der Waals surface area (Å²) in [5.74, 6) is 0.334. The molecule has 0 saturated carbocycles. The van der Waals surface area contributed by atoms with E-state index >= 15 is 0 Å². The number of nitrogens with one attached hydrogen (secondary N) is 2. The van der Waals surface area contributed by atoms with Crippen molar-refractivity contribution in [3.05, 3.63) is 65.6 Å². The number of benzene rings is 2. The second kappa shape index (κ2) is 7.81. The monoisotopic (exact) mass is 467 g/mol. The molecule has 0 fully saturated rings. The molecular formula is C26H22FN7O. The number of para-hydroxylation sites is 1. The molecule has 0 amide bonds. The van der Waals surface area contributed by atoms with Crippen LogP contribution >= 0.6 is 0 Å². The lowest BCUT2D eigenvalue weighted by molar-refractivity contribution is 0.268. The second-order valence-corrected chi connectivity index (χ2v) is 9.28. The molecule has 5 aromatic rings. The molecule has 6 rings (SSSR count). The van der Waals surface area contributed by atoms with E-state index in [-0.39, 0.29) is 11.1 Å². The number of anilines is 1. The minimum absolute atomic E-state index is 0.208. The van der Waals surface area contributed by atoms with Crippen molar-refractivity contribution in [2.75, 3.05) is 18.5 Å². The third-order valence-corrected chi connectivity index (χ3v) is 6.28. The van der Waals surface area contributed by atoms with Gasteiger partial charge in [-0.15, -0.1) is 0 Å². The summed E-state index contributed by atoms with van der Waals surface area (Å²) in [6.07, 6.45) is 2.78. The van der Waals surface area contributed by atoms with Crippen molar-refractivity contribution < 1.29 is 9.13 Å². The van der Waals surface area contributed by atoms with Gasteiger partial charge in [-0.1, -0.05) is 18.2 Å². The lowest BCUT2D eigenvalue weighted by Crippen LogP contribution is -2.25. The van der Waals surface area contributed by atoms with E-state index in [1.54, 1.807) is 6.07 Å². The fourth-order valence-corrected chi connectivity index (χ4v) is 4.58. The number of nitrogens with zero attached hydrogens (tertiary/aromatic N) is 5. The average molecular weight is 468 g/mol. The van der Waals surface area contributed by atoms with Gasteiger partial charge in [-0.05, 0) is 50.1 Å². The lowest BCUT2D eigenvalue weighted by Gasteiger charge is -2.18. The van der Waals surface area contributed by atoms with E-state index in [4.69, 9.17) is 14.7 Å². The molecule has 0 unspecified atom stereocenters. The van der Waals surface area contributed by atoms with Crippen LogP contribution in [0.25, 0.3) is 33.5 Å². The Kier molecular flexibility index (Phi) is 4.71. The first-order chi connectivity index (χ1) is 16.9. The average Bonchev–Trinajstić information content (AvgIpc) is 3.52. The highest BCUT2D eigenvalue weighted by atomic mass is 19.1. The van der Waals surface area contributed by atoms with Gasteiger partial charge in [0, 0.05) is 29.2 Å². The van der Waals surface area contributed by atoms with Crippen LogP contribution in [0.15, 0.2) is 48.7 Å². The van der Waals surface area contributed by atoms with Crippen LogP contribution in [0.2, 0.25) is 0 Å². The zero-order valence-corrected chi connectivity index (χ0v) is 19.3. The molecule has 0 atom stereocenters. The molecule has 0 spiro atoms. The summed E-state index contributed by atoms with van der Waals surface area (Å²) in [5.41, 5.74) is 3.77. The van der Waals surface area contributed by atoms with Crippen molar-refractivity contribution in [2.45, 2.75) is 25.8 Å².